The van der Waals surface area contributed by atoms with Crippen LogP contribution in [-0.2, 0) is 9.53 Å². The third-order valence-electron chi connectivity index (χ3n) is 5.04. The Kier molecular flexibility index (Phi) is 3.57. The van der Waals surface area contributed by atoms with Crippen LogP contribution in [0.15, 0.2) is 0 Å². The fraction of sp³-hybridized carbons (Fsp3) is 0.929. The van der Waals surface area contributed by atoms with Crippen LogP contribution in [0.4, 0.5) is 0 Å². The normalized spacial score (nSPS) is 31.2. The minimum atomic E-state index is 0.0832. The molecule has 2 aliphatic heterocycles. The van der Waals surface area contributed by atoms with Crippen molar-refractivity contribution in [3.05, 3.63) is 0 Å². The fourth-order valence-corrected chi connectivity index (χ4v) is 3.71. The van der Waals surface area contributed by atoms with E-state index < -0.39 is 0 Å². The van der Waals surface area contributed by atoms with Crippen molar-refractivity contribution in [2.75, 3.05) is 26.3 Å². The van der Waals surface area contributed by atoms with Crippen molar-refractivity contribution in [1.29, 1.82) is 0 Å². The van der Waals surface area contributed by atoms with Crippen molar-refractivity contribution in [2.45, 2.75) is 44.6 Å². The molecule has 18 heavy (non-hydrogen) atoms. The van der Waals surface area contributed by atoms with Crippen molar-refractivity contribution in [1.82, 2.24) is 10.6 Å². The van der Waals surface area contributed by atoms with Gasteiger partial charge in [0.25, 0.3) is 0 Å². The van der Waals surface area contributed by atoms with Gasteiger partial charge in [0.1, 0.15) is 0 Å². The van der Waals surface area contributed by atoms with Gasteiger partial charge in [-0.25, -0.2) is 0 Å². The number of rotatable bonds is 3. The maximum atomic E-state index is 12.2. The molecule has 3 fully saturated rings. The molecule has 1 unspecified atom stereocenters. The Bertz CT molecular complexity index is 307. The summed E-state index contributed by atoms with van der Waals surface area (Å²) in [5, 5.41) is 6.48. The van der Waals surface area contributed by atoms with Gasteiger partial charge in [-0.3, -0.25) is 4.79 Å². The summed E-state index contributed by atoms with van der Waals surface area (Å²) in [7, 11) is 0. The van der Waals surface area contributed by atoms with Crippen LogP contribution in [-0.4, -0.2) is 38.3 Å². The van der Waals surface area contributed by atoms with Gasteiger partial charge in [0, 0.05) is 31.7 Å². The molecule has 2 N–H and O–H groups in total. The summed E-state index contributed by atoms with van der Waals surface area (Å²) in [6.45, 7) is 3.58. The summed E-state index contributed by atoms with van der Waals surface area (Å²) in [4.78, 5) is 12.2. The molecule has 0 radical (unpaired) electrons. The summed E-state index contributed by atoms with van der Waals surface area (Å²) in [5.74, 6) is 0.844. The third-order valence-corrected chi connectivity index (χ3v) is 5.04. The maximum Gasteiger partial charge on any atom is 0.237 e. The van der Waals surface area contributed by atoms with E-state index in [9.17, 15) is 4.79 Å². The van der Waals surface area contributed by atoms with E-state index in [1.165, 1.54) is 25.7 Å². The average Bonchev–Trinajstić information content (AvgIpc) is 2.88. The highest BCUT2D eigenvalue weighted by atomic mass is 16.5. The van der Waals surface area contributed by atoms with Gasteiger partial charge < -0.3 is 15.4 Å². The van der Waals surface area contributed by atoms with E-state index in [-0.39, 0.29) is 11.9 Å². The lowest BCUT2D eigenvalue weighted by molar-refractivity contribution is -0.130. The van der Waals surface area contributed by atoms with E-state index in [1.54, 1.807) is 0 Å². The molecule has 102 valence electrons. The highest BCUT2D eigenvalue weighted by molar-refractivity contribution is 5.84. The maximum absolute atomic E-state index is 12.2. The summed E-state index contributed by atoms with van der Waals surface area (Å²) in [5.41, 5.74) is 0.305. The van der Waals surface area contributed by atoms with Crippen molar-refractivity contribution in [2.24, 2.45) is 11.3 Å². The number of ether oxygens (including phenoxy) is 1. The van der Waals surface area contributed by atoms with E-state index in [0.29, 0.717) is 11.3 Å². The molecule has 4 nitrogen and oxygen atoms in total. The molecule has 3 rings (SSSR count). The van der Waals surface area contributed by atoms with Crippen LogP contribution in [0, 0.1) is 11.3 Å². The second-order valence-corrected chi connectivity index (χ2v) is 6.18. The van der Waals surface area contributed by atoms with Crippen LogP contribution >= 0.6 is 0 Å². The molecule has 1 amide bonds. The highest BCUT2D eigenvalue weighted by Crippen LogP contribution is 2.45. The molecule has 1 saturated carbocycles. The van der Waals surface area contributed by atoms with Gasteiger partial charge in [-0.2, -0.15) is 0 Å². The van der Waals surface area contributed by atoms with Gasteiger partial charge in [-0.15, -0.1) is 0 Å². The van der Waals surface area contributed by atoms with Crippen LogP contribution in [0.2, 0.25) is 0 Å². The first-order valence-corrected chi connectivity index (χ1v) is 7.39. The second kappa shape index (κ2) is 5.17. The number of amides is 1. The molecule has 2 saturated heterocycles. The highest BCUT2D eigenvalue weighted by Gasteiger charge is 2.51. The lowest BCUT2D eigenvalue weighted by atomic mass is 9.71. The Hall–Kier alpha value is -0.610. The van der Waals surface area contributed by atoms with Gasteiger partial charge in [0.2, 0.25) is 5.91 Å². The summed E-state index contributed by atoms with van der Waals surface area (Å²) < 4.78 is 5.34. The molecule has 1 aliphatic carbocycles. The molecule has 0 bridgehead atoms. The summed E-state index contributed by atoms with van der Waals surface area (Å²) in [6, 6.07) is 0.0832. The first-order valence-electron chi connectivity index (χ1n) is 7.39. The number of hydrogen-bond donors (Lipinski definition) is 2. The van der Waals surface area contributed by atoms with Crippen LogP contribution in [0.25, 0.3) is 0 Å². The number of carbonyl (C=O) groups is 1. The van der Waals surface area contributed by atoms with Crippen molar-refractivity contribution < 1.29 is 9.53 Å². The Morgan fingerprint density at radius 1 is 1.28 bits per heavy atom. The number of carbonyl (C=O) groups excluding carboxylic acids is 1. The zero-order chi connectivity index (χ0) is 12.4. The number of nitrogens with one attached hydrogen (secondary N) is 2. The van der Waals surface area contributed by atoms with Crippen LogP contribution < -0.4 is 10.6 Å². The topological polar surface area (TPSA) is 50.4 Å². The zero-order valence-corrected chi connectivity index (χ0v) is 11.0. The molecule has 0 aromatic heterocycles. The number of hydrogen-bond acceptors (Lipinski definition) is 3. The van der Waals surface area contributed by atoms with Gasteiger partial charge >= 0.3 is 0 Å². The zero-order valence-electron chi connectivity index (χ0n) is 11.0. The first-order chi connectivity index (χ1) is 8.80. The molecule has 1 atom stereocenters. The van der Waals surface area contributed by atoms with E-state index in [2.05, 4.69) is 10.6 Å². The predicted molar refractivity (Wildman–Crippen MR) is 69.2 cm³/mol. The van der Waals surface area contributed by atoms with Gasteiger partial charge in [-0.05, 0) is 31.6 Å². The van der Waals surface area contributed by atoms with E-state index >= 15 is 0 Å². The SMILES string of the molecule is O=C(NCC1CCOCC1)C1NCC12CCCC2. The van der Waals surface area contributed by atoms with Gasteiger partial charge in [0.15, 0.2) is 0 Å². The molecule has 4 heteroatoms. The minimum absolute atomic E-state index is 0.0832. The molecule has 1 spiro atoms. The minimum Gasteiger partial charge on any atom is -0.381 e. The van der Waals surface area contributed by atoms with Crippen LogP contribution in [0.1, 0.15) is 38.5 Å². The van der Waals surface area contributed by atoms with Crippen LogP contribution in [0.5, 0.6) is 0 Å². The summed E-state index contributed by atoms with van der Waals surface area (Å²) in [6.07, 6.45) is 7.23. The predicted octanol–water partition coefficient (Wildman–Crippen LogP) is 1.06. The molecule has 0 aromatic carbocycles. The molecule has 3 aliphatic rings. The lowest BCUT2D eigenvalue weighted by Gasteiger charge is -2.47. The largest absolute Gasteiger partial charge is 0.381 e. The Balaban J connectivity index is 1.46. The smallest absolute Gasteiger partial charge is 0.237 e. The van der Waals surface area contributed by atoms with Gasteiger partial charge in [0.05, 0.1) is 6.04 Å². The second-order valence-electron chi connectivity index (χ2n) is 6.18. The van der Waals surface area contributed by atoms with Crippen molar-refractivity contribution in [3.8, 4) is 0 Å². The van der Waals surface area contributed by atoms with Crippen LogP contribution in [0.3, 0.4) is 0 Å². The monoisotopic (exact) mass is 252 g/mol. The quantitative estimate of drug-likeness (QED) is 0.789. The Morgan fingerprint density at radius 3 is 2.61 bits per heavy atom. The first kappa shape index (κ1) is 12.4. The molecule has 2 heterocycles. The summed E-state index contributed by atoms with van der Waals surface area (Å²) >= 11 is 0. The van der Waals surface area contributed by atoms with E-state index in [1.807, 2.05) is 0 Å². The lowest BCUT2D eigenvalue weighted by Crippen LogP contribution is -2.67. The van der Waals surface area contributed by atoms with Gasteiger partial charge in [-0.1, -0.05) is 12.8 Å². The van der Waals surface area contributed by atoms with Crippen molar-refractivity contribution in [3.63, 3.8) is 0 Å². The average molecular weight is 252 g/mol. The molecular formula is C14H24N2O2. The van der Waals surface area contributed by atoms with E-state index in [0.717, 1.165) is 39.1 Å². The standard InChI is InChI=1S/C14H24N2O2/c17-13(15-9-11-3-7-18-8-4-11)12-14(10-16-12)5-1-2-6-14/h11-12,16H,1-10H2,(H,15,17). The van der Waals surface area contributed by atoms with Crippen molar-refractivity contribution >= 4 is 5.91 Å². The van der Waals surface area contributed by atoms with E-state index in [4.69, 9.17) is 4.74 Å². The fourth-order valence-electron chi connectivity index (χ4n) is 3.71. The molecule has 0 aromatic rings. The Labute approximate surface area is 109 Å². The third kappa shape index (κ3) is 2.28. The Morgan fingerprint density at radius 2 is 2.00 bits per heavy atom. The molecular weight excluding hydrogens is 228 g/mol.